The molecule has 1 saturated carbocycles. The molecule has 3 atom stereocenters. The second-order valence-electron chi connectivity index (χ2n) is 6.75. The first-order chi connectivity index (χ1) is 11.0. The van der Waals surface area contributed by atoms with E-state index in [0.717, 1.165) is 29.8 Å². The number of carbonyl (C=O) groups is 2. The van der Waals surface area contributed by atoms with Gasteiger partial charge in [-0.2, -0.15) is 0 Å². The molecule has 124 valence electrons. The maximum Gasteiger partial charge on any atom is 0.306 e. The lowest BCUT2D eigenvalue weighted by molar-refractivity contribution is -0.143. The van der Waals surface area contributed by atoms with Crippen LogP contribution in [-0.4, -0.2) is 29.6 Å². The lowest BCUT2D eigenvalue weighted by atomic mass is 9.80. The molecule has 0 radical (unpaired) electrons. The molecule has 1 N–H and O–H groups in total. The molecule has 1 amide bonds. The topological polar surface area (TPSA) is 66.8 Å². The Morgan fingerprint density at radius 3 is 2.74 bits per heavy atom. The molecule has 0 bridgehead atoms. The van der Waals surface area contributed by atoms with E-state index in [1.807, 2.05) is 32.0 Å². The van der Waals surface area contributed by atoms with Gasteiger partial charge in [0.2, 0.25) is 5.91 Å². The number of anilines is 1. The first kappa shape index (κ1) is 15.8. The van der Waals surface area contributed by atoms with Crippen LogP contribution in [0.2, 0.25) is 0 Å². The predicted octanol–water partition coefficient (Wildman–Crippen LogP) is 3.00. The van der Waals surface area contributed by atoms with E-state index in [2.05, 4.69) is 0 Å². The van der Waals surface area contributed by atoms with Gasteiger partial charge in [-0.3, -0.25) is 9.59 Å². The van der Waals surface area contributed by atoms with Crippen LogP contribution < -0.4 is 9.64 Å². The number of benzene rings is 1. The SMILES string of the molecule is Cc1ccc2c(c1)OC(C)CN2C(=O)C1CCCC(C(=O)O)C1. The monoisotopic (exact) mass is 317 g/mol. The fourth-order valence-electron chi connectivity index (χ4n) is 3.62. The summed E-state index contributed by atoms with van der Waals surface area (Å²) in [5.41, 5.74) is 1.89. The number of ether oxygens (including phenoxy) is 1. The van der Waals surface area contributed by atoms with E-state index in [0.29, 0.717) is 19.4 Å². The molecule has 1 aromatic carbocycles. The van der Waals surface area contributed by atoms with Gasteiger partial charge in [0.15, 0.2) is 0 Å². The number of carboxylic acid groups (broad SMARTS) is 1. The van der Waals surface area contributed by atoms with Gasteiger partial charge in [-0.05, 0) is 50.8 Å². The molecule has 1 aliphatic carbocycles. The number of nitrogens with zero attached hydrogens (tertiary/aromatic N) is 1. The maximum atomic E-state index is 13.0. The van der Waals surface area contributed by atoms with E-state index in [-0.39, 0.29) is 17.9 Å². The van der Waals surface area contributed by atoms with E-state index in [9.17, 15) is 14.7 Å². The number of hydrogen-bond acceptors (Lipinski definition) is 3. The minimum atomic E-state index is -0.783. The van der Waals surface area contributed by atoms with Crippen LogP contribution in [-0.2, 0) is 9.59 Å². The summed E-state index contributed by atoms with van der Waals surface area (Å²) in [5.74, 6) is -0.606. The van der Waals surface area contributed by atoms with Crippen molar-refractivity contribution in [1.82, 2.24) is 0 Å². The summed E-state index contributed by atoms with van der Waals surface area (Å²) in [4.78, 5) is 26.0. The van der Waals surface area contributed by atoms with Gasteiger partial charge in [-0.15, -0.1) is 0 Å². The number of rotatable bonds is 2. The fourth-order valence-corrected chi connectivity index (χ4v) is 3.62. The van der Waals surface area contributed by atoms with Crippen molar-refractivity contribution in [2.75, 3.05) is 11.4 Å². The van der Waals surface area contributed by atoms with Crippen molar-refractivity contribution in [3.8, 4) is 5.75 Å². The van der Waals surface area contributed by atoms with Crippen LogP contribution in [0.5, 0.6) is 5.75 Å². The smallest absolute Gasteiger partial charge is 0.306 e. The zero-order chi connectivity index (χ0) is 16.6. The maximum absolute atomic E-state index is 13.0. The normalized spacial score (nSPS) is 27.0. The van der Waals surface area contributed by atoms with E-state index in [1.165, 1.54) is 0 Å². The zero-order valence-corrected chi connectivity index (χ0v) is 13.6. The second kappa shape index (κ2) is 6.22. The van der Waals surface area contributed by atoms with Gasteiger partial charge in [0.25, 0.3) is 0 Å². The highest BCUT2D eigenvalue weighted by atomic mass is 16.5. The Kier molecular flexibility index (Phi) is 4.28. The van der Waals surface area contributed by atoms with Crippen molar-refractivity contribution in [2.24, 2.45) is 11.8 Å². The third-order valence-corrected chi connectivity index (χ3v) is 4.81. The molecular formula is C18H23NO4. The average molecular weight is 317 g/mol. The van der Waals surface area contributed by atoms with Crippen LogP contribution in [0.25, 0.3) is 0 Å². The summed E-state index contributed by atoms with van der Waals surface area (Å²) in [5, 5.41) is 9.23. The quantitative estimate of drug-likeness (QED) is 0.910. The predicted molar refractivity (Wildman–Crippen MR) is 86.7 cm³/mol. The molecule has 0 saturated heterocycles. The number of carbonyl (C=O) groups excluding carboxylic acids is 1. The van der Waals surface area contributed by atoms with Crippen molar-refractivity contribution < 1.29 is 19.4 Å². The molecule has 2 aliphatic rings. The lowest BCUT2D eigenvalue weighted by Gasteiger charge is -2.37. The molecule has 1 fully saturated rings. The number of carboxylic acids is 1. The Morgan fingerprint density at radius 1 is 1.26 bits per heavy atom. The van der Waals surface area contributed by atoms with Crippen LogP contribution in [0.15, 0.2) is 18.2 Å². The van der Waals surface area contributed by atoms with Gasteiger partial charge in [-0.1, -0.05) is 12.5 Å². The van der Waals surface area contributed by atoms with E-state index >= 15 is 0 Å². The number of amides is 1. The summed E-state index contributed by atoms with van der Waals surface area (Å²) >= 11 is 0. The largest absolute Gasteiger partial charge is 0.487 e. The van der Waals surface area contributed by atoms with Crippen molar-refractivity contribution in [3.63, 3.8) is 0 Å². The Bertz CT molecular complexity index is 627. The molecule has 1 aliphatic heterocycles. The van der Waals surface area contributed by atoms with Crippen LogP contribution in [0, 0.1) is 18.8 Å². The Hall–Kier alpha value is -2.04. The molecular weight excluding hydrogens is 294 g/mol. The first-order valence-corrected chi connectivity index (χ1v) is 8.27. The lowest BCUT2D eigenvalue weighted by Crippen LogP contribution is -2.46. The zero-order valence-electron chi connectivity index (χ0n) is 13.6. The highest BCUT2D eigenvalue weighted by molar-refractivity contribution is 5.97. The summed E-state index contributed by atoms with van der Waals surface area (Å²) < 4.78 is 5.85. The van der Waals surface area contributed by atoms with Gasteiger partial charge >= 0.3 is 5.97 Å². The van der Waals surface area contributed by atoms with Crippen molar-refractivity contribution in [3.05, 3.63) is 23.8 Å². The summed E-state index contributed by atoms with van der Waals surface area (Å²) in [6, 6.07) is 5.84. The van der Waals surface area contributed by atoms with E-state index in [4.69, 9.17) is 4.74 Å². The number of hydrogen-bond donors (Lipinski definition) is 1. The Labute approximate surface area is 136 Å². The van der Waals surface area contributed by atoms with E-state index < -0.39 is 11.9 Å². The van der Waals surface area contributed by atoms with Gasteiger partial charge in [-0.25, -0.2) is 0 Å². The summed E-state index contributed by atoms with van der Waals surface area (Å²) in [7, 11) is 0. The van der Waals surface area contributed by atoms with Crippen molar-refractivity contribution >= 4 is 17.6 Å². The highest BCUT2D eigenvalue weighted by Crippen LogP contribution is 2.37. The van der Waals surface area contributed by atoms with Gasteiger partial charge in [0.1, 0.15) is 11.9 Å². The number of aryl methyl sites for hydroxylation is 1. The average Bonchev–Trinajstić information content (AvgIpc) is 2.53. The fraction of sp³-hybridized carbons (Fsp3) is 0.556. The molecule has 5 nitrogen and oxygen atoms in total. The standard InChI is InChI=1S/C18H23NO4/c1-11-6-7-15-16(8-11)23-12(2)10-19(15)17(20)13-4-3-5-14(9-13)18(21)22/h6-8,12-14H,3-5,9-10H2,1-2H3,(H,21,22). The van der Waals surface area contributed by atoms with Crippen LogP contribution in [0.4, 0.5) is 5.69 Å². The number of fused-ring (bicyclic) bond motifs is 1. The van der Waals surface area contributed by atoms with Crippen molar-refractivity contribution in [1.29, 1.82) is 0 Å². The molecule has 0 aromatic heterocycles. The third kappa shape index (κ3) is 3.19. The molecule has 0 spiro atoms. The molecule has 1 heterocycles. The van der Waals surface area contributed by atoms with Gasteiger partial charge < -0.3 is 14.7 Å². The molecule has 3 rings (SSSR count). The second-order valence-corrected chi connectivity index (χ2v) is 6.75. The van der Waals surface area contributed by atoms with Gasteiger partial charge in [0.05, 0.1) is 18.2 Å². The van der Waals surface area contributed by atoms with Gasteiger partial charge in [0, 0.05) is 5.92 Å². The molecule has 5 heteroatoms. The molecule has 23 heavy (non-hydrogen) atoms. The minimum Gasteiger partial charge on any atom is -0.487 e. The molecule has 3 unspecified atom stereocenters. The van der Waals surface area contributed by atoms with E-state index in [1.54, 1.807) is 4.90 Å². The van der Waals surface area contributed by atoms with Crippen molar-refractivity contribution in [2.45, 2.75) is 45.6 Å². The molecule has 1 aromatic rings. The van der Waals surface area contributed by atoms with Crippen LogP contribution in [0.3, 0.4) is 0 Å². The van der Waals surface area contributed by atoms with Crippen LogP contribution in [0.1, 0.15) is 38.2 Å². The first-order valence-electron chi connectivity index (χ1n) is 8.27. The Balaban J connectivity index is 1.84. The highest BCUT2D eigenvalue weighted by Gasteiger charge is 2.36. The van der Waals surface area contributed by atoms with Crippen LogP contribution >= 0.6 is 0 Å². The summed E-state index contributed by atoms with van der Waals surface area (Å²) in [6.07, 6.45) is 2.63. The Morgan fingerprint density at radius 2 is 2.00 bits per heavy atom. The summed E-state index contributed by atoms with van der Waals surface area (Å²) in [6.45, 7) is 4.46. The number of aliphatic carboxylic acids is 1. The third-order valence-electron chi connectivity index (χ3n) is 4.81. The minimum absolute atomic E-state index is 0.0382.